The molecular weight excluding hydrogens is 206 g/mol. The Morgan fingerprint density at radius 2 is 1.88 bits per heavy atom. The molecule has 16 heavy (non-hydrogen) atoms. The fourth-order valence-electron chi connectivity index (χ4n) is 2.36. The number of benzene rings is 1. The molecule has 1 heterocycles. The minimum absolute atomic E-state index is 0.306. The Morgan fingerprint density at radius 3 is 2.62 bits per heavy atom. The van der Waals surface area contributed by atoms with Gasteiger partial charge >= 0.3 is 0 Å². The van der Waals surface area contributed by atoms with E-state index in [1.54, 1.807) is 0 Å². The van der Waals surface area contributed by atoms with Gasteiger partial charge in [0, 0.05) is 0 Å². The monoisotopic (exact) mass is 221 g/mol. The molecular formula is C12H15NO3. The van der Waals surface area contributed by atoms with Gasteiger partial charge in [-0.15, -0.1) is 0 Å². The number of aliphatic hydroxyl groups is 1. The van der Waals surface area contributed by atoms with Crippen molar-refractivity contribution in [1.29, 1.82) is 0 Å². The van der Waals surface area contributed by atoms with E-state index >= 15 is 0 Å². The molecule has 2 unspecified atom stereocenters. The van der Waals surface area contributed by atoms with Crippen molar-refractivity contribution in [2.75, 3.05) is 13.2 Å². The summed E-state index contributed by atoms with van der Waals surface area (Å²) < 4.78 is 11.0. The number of hydrogen-bond acceptors (Lipinski definition) is 4. The molecule has 0 saturated heterocycles. The van der Waals surface area contributed by atoms with Crippen molar-refractivity contribution in [2.24, 2.45) is 5.73 Å². The van der Waals surface area contributed by atoms with Gasteiger partial charge in [0.05, 0.1) is 12.1 Å². The predicted octanol–water partition coefficient (Wildman–Crippen LogP) is 0.765. The van der Waals surface area contributed by atoms with E-state index in [4.69, 9.17) is 15.2 Å². The van der Waals surface area contributed by atoms with Gasteiger partial charge in [0.1, 0.15) is 13.2 Å². The number of nitrogens with two attached hydrogens (primary N) is 1. The quantitative estimate of drug-likeness (QED) is 0.679. The number of aliphatic hydroxyl groups excluding tert-OH is 1. The smallest absolute Gasteiger partial charge is 0.161 e. The minimum atomic E-state index is -0.449. The highest BCUT2D eigenvalue weighted by Gasteiger charge is 2.27. The van der Waals surface area contributed by atoms with Gasteiger partial charge in [-0.25, -0.2) is 0 Å². The standard InChI is InChI=1S/C12H15NO3/c13-12-8-6-11-10(15-3-4-16-11)5-7(8)1-2-9(12)14/h5-6,9,12,14H,1-4,13H2. The lowest BCUT2D eigenvalue weighted by Crippen LogP contribution is -2.31. The Hall–Kier alpha value is -1.26. The van der Waals surface area contributed by atoms with E-state index < -0.39 is 6.10 Å². The molecule has 4 heteroatoms. The van der Waals surface area contributed by atoms with Crippen molar-refractivity contribution in [2.45, 2.75) is 25.0 Å². The van der Waals surface area contributed by atoms with Crippen molar-refractivity contribution >= 4 is 0 Å². The molecule has 0 bridgehead atoms. The summed E-state index contributed by atoms with van der Waals surface area (Å²) in [7, 11) is 0. The molecule has 0 radical (unpaired) electrons. The number of aryl methyl sites for hydroxylation is 1. The Balaban J connectivity index is 2.06. The normalized spacial score (nSPS) is 27.4. The van der Waals surface area contributed by atoms with Crippen molar-refractivity contribution < 1.29 is 14.6 Å². The molecule has 1 aliphatic heterocycles. The average Bonchev–Trinajstić information content (AvgIpc) is 2.32. The third-order valence-electron chi connectivity index (χ3n) is 3.29. The van der Waals surface area contributed by atoms with E-state index in [0.29, 0.717) is 19.6 Å². The van der Waals surface area contributed by atoms with Crippen LogP contribution < -0.4 is 15.2 Å². The summed E-state index contributed by atoms with van der Waals surface area (Å²) in [4.78, 5) is 0. The van der Waals surface area contributed by atoms with E-state index in [2.05, 4.69) is 0 Å². The van der Waals surface area contributed by atoms with Gasteiger partial charge in [0.25, 0.3) is 0 Å². The van der Waals surface area contributed by atoms with Crippen molar-refractivity contribution in [3.05, 3.63) is 23.3 Å². The molecule has 0 aromatic heterocycles. The summed E-state index contributed by atoms with van der Waals surface area (Å²) in [5.74, 6) is 1.54. The van der Waals surface area contributed by atoms with E-state index in [1.165, 1.54) is 5.56 Å². The Labute approximate surface area is 94.0 Å². The van der Waals surface area contributed by atoms with E-state index in [0.717, 1.165) is 23.5 Å². The predicted molar refractivity (Wildman–Crippen MR) is 58.7 cm³/mol. The summed E-state index contributed by atoms with van der Waals surface area (Å²) in [6, 6.07) is 3.60. The van der Waals surface area contributed by atoms with Crippen molar-refractivity contribution in [3.63, 3.8) is 0 Å². The van der Waals surface area contributed by atoms with Gasteiger partial charge in [-0.05, 0) is 36.1 Å². The fraction of sp³-hybridized carbons (Fsp3) is 0.500. The second-order valence-corrected chi connectivity index (χ2v) is 4.33. The zero-order chi connectivity index (χ0) is 11.1. The highest BCUT2D eigenvalue weighted by Crippen LogP contribution is 2.38. The largest absolute Gasteiger partial charge is 0.486 e. The van der Waals surface area contributed by atoms with Crippen LogP contribution in [0, 0.1) is 0 Å². The van der Waals surface area contributed by atoms with Crippen LogP contribution in [0.25, 0.3) is 0 Å². The van der Waals surface area contributed by atoms with Crippen LogP contribution in [0.3, 0.4) is 0 Å². The maximum atomic E-state index is 9.73. The first kappa shape index (κ1) is 9.93. The van der Waals surface area contributed by atoms with Gasteiger partial charge in [-0.3, -0.25) is 0 Å². The lowest BCUT2D eigenvalue weighted by molar-refractivity contribution is 0.126. The van der Waals surface area contributed by atoms with Crippen LogP contribution in [0.5, 0.6) is 11.5 Å². The van der Waals surface area contributed by atoms with Gasteiger partial charge in [0.2, 0.25) is 0 Å². The Morgan fingerprint density at radius 1 is 1.19 bits per heavy atom. The molecule has 0 spiro atoms. The Bertz CT molecular complexity index is 419. The molecule has 1 aromatic rings. The zero-order valence-corrected chi connectivity index (χ0v) is 8.98. The summed E-state index contributed by atoms with van der Waals surface area (Å²) >= 11 is 0. The number of rotatable bonds is 0. The van der Waals surface area contributed by atoms with Crippen LogP contribution in [-0.2, 0) is 6.42 Å². The van der Waals surface area contributed by atoms with Gasteiger partial charge < -0.3 is 20.3 Å². The molecule has 4 nitrogen and oxygen atoms in total. The lowest BCUT2D eigenvalue weighted by Gasteiger charge is -2.29. The number of hydrogen-bond donors (Lipinski definition) is 2. The third kappa shape index (κ3) is 1.45. The molecule has 2 atom stereocenters. The molecule has 0 amide bonds. The van der Waals surface area contributed by atoms with Gasteiger partial charge in [-0.2, -0.15) is 0 Å². The second-order valence-electron chi connectivity index (χ2n) is 4.33. The first-order valence-electron chi connectivity index (χ1n) is 5.62. The number of fused-ring (bicyclic) bond motifs is 2. The Kier molecular flexibility index (Phi) is 2.26. The van der Waals surface area contributed by atoms with Crippen LogP contribution in [0.4, 0.5) is 0 Å². The highest BCUT2D eigenvalue weighted by atomic mass is 16.6. The first-order valence-corrected chi connectivity index (χ1v) is 5.62. The van der Waals surface area contributed by atoms with E-state index in [9.17, 15) is 5.11 Å². The van der Waals surface area contributed by atoms with Crippen LogP contribution in [0.1, 0.15) is 23.6 Å². The molecule has 1 aromatic carbocycles. The summed E-state index contributed by atoms with van der Waals surface area (Å²) in [6.45, 7) is 1.17. The second kappa shape index (κ2) is 3.64. The van der Waals surface area contributed by atoms with Crippen LogP contribution in [0.15, 0.2) is 12.1 Å². The van der Waals surface area contributed by atoms with E-state index in [1.807, 2.05) is 12.1 Å². The summed E-state index contributed by atoms with van der Waals surface area (Å²) in [6.07, 6.45) is 1.12. The average molecular weight is 221 g/mol. The first-order chi connectivity index (χ1) is 7.75. The molecule has 0 saturated carbocycles. The zero-order valence-electron chi connectivity index (χ0n) is 8.98. The molecule has 86 valence electrons. The number of ether oxygens (including phenoxy) is 2. The fourth-order valence-corrected chi connectivity index (χ4v) is 2.36. The minimum Gasteiger partial charge on any atom is -0.486 e. The molecule has 2 aliphatic rings. The summed E-state index contributed by atoms with van der Waals surface area (Å²) in [5.41, 5.74) is 8.13. The molecule has 3 rings (SSSR count). The molecule has 3 N–H and O–H groups in total. The SMILES string of the molecule is NC1c2cc3c(cc2CCC1O)OCCO3. The summed E-state index contributed by atoms with van der Waals surface area (Å²) in [5, 5.41) is 9.73. The van der Waals surface area contributed by atoms with Crippen molar-refractivity contribution in [3.8, 4) is 11.5 Å². The highest BCUT2D eigenvalue weighted by molar-refractivity contribution is 5.50. The van der Waals surface area contributed by atoms with Gasteiger partial charge in [-0.1, -0.05) is 0 Å². The van der Waals surface area contributed by atoms with Crippen LogP contribution >= 0.6 is 0 Å². The maximum Gasteiger partial charge on any atom is 0.161 e. The molecule has 1 aliphatic carbocycles. The van der Waals surface area contributed by atoms with Crippen molar-refractivity contribution in [1.82, 2.24) is 0 Å². The topological polar surface area (TPSA) is 64.7 Å². The molecule has 0 fully saturated rings. The van der Waals surface area contributed by atoms with E-state index in [-0.39, 0.29) is 6.04 Å². The van der Waals surface area contributed by atoms with Crippen LogP contribution in [-0.4, -0.2) is 24.4 Å². The maximum absolute atomic E-state index is 9.73. The third-order valence-corrected chi connectivity index (χ3v) is 3.29. The van der Waals surface area contributed by atoms with Gasteiger partial charge in [0.15, 0.2) is 11.5 Å². The lowest BCUT2D eigenvalue weighted by atomic mass is 9.86. The van der Waals surface area contributed by atoms with Crippen LogP contribution in [0.2, 0.25) is 0 Å².